The number of carbonyl (C=O) groups is 1. The van der Waals surface area contributed by atoms with Gasteiger partial charge in [-0.05, 0) is 18.4 Å². The summed E-state index contributed by atoms with van der Waals surface area (Å²) in [7, 11) is 0. The number of nitrogens with one attached hydrogen (secondary N) is 1. The third kappa shape index (κ3) is 3.37. The van der Waals surface area contributed by atoms with Crippen LogP contribution in [0.2, 0.25) is 0 Å². The predicted octanol–water partition coefficient (Wildman–Crippen LogP) is 1.88. The number of halogens is 1. The van der Waals surface area contributed by atoms with Gasteiger partial charge in [-0.2, -0.15) is 0 Å². The van der Waals surface area contributed by atoms with Crippen LogP contribution in [-0.2, 0) is 0 Å². The second-order valence-electron chi connectivity index (χ2n) is 3.74. The molecule has 0 spiro atoms. The average Bonchev–Trinajstić information content (AvgIpc) is 2.39. The van der Waals surface area contributed by atoms with Crippen LogP contribution in [0.15, 0.2) is 29.2 Å². The number of hydrogen-bond donors (Lipinski definition) is 1. The zero-order chi connectivity index (χ0) is 11.4. The highest BCUT2D eigenvalue weighted by molar-refractivity contribution is 7.98. The largest absolute Gasteiger partial charge is 0.336 e. The highest BCUT2D eigenvalue weighted by Crippen LogP contribution is 2.21. The number of carbonyl (C=O) groups excluding carboxylic acids is 1. The van der Waals surface area contributed by atoms with E-state index < -0.39 is 0 Å². The summed E-state index contributed by atoms with van der Waals surface area (Å²) in [5.41, 5.74) is 0.830. The van der Waals surface area contributed by atoms with Crippen LogP contribution in [0.4, 0.5) is 0 Å². The highest BCUT2D eigenvalue weighted by atomic mass is 35.5. The second-order valence-corrected chi connectivity index (χ2v) is 4.59. The van der Waals surface area contributed by atoms with E-state index in [1.165, 1.54) is 0 Å². The molecule has 0 aromatic heterocycles. The normalized spacial score (nSPS) is 15.2. The molecule has 1 aromatic carbocycles. The van der Waals surface area contributed by atoms with E-state index in [1.807, 2.05) is 35.4 Å². The van der Waals surface area contributed by atoms with Crippen molar-refractivity contribution in [3.8, 4) is 0 Å². The Labute approximate surface area is 112 Å². The Morgan fingerprint density at radius 2 is 1.94 bits per heavy atom. The first-order valence-electron chi connectivity index (χ1n) is 5.46. The molecule has 1 aliphatic rings. The lowest BCUT2D eigenvalue weighted by molar-refractivity contribution is 0.0732. The summed E-state index contributed by atoms with van der Waals surface area (Å²) in [6.45, 7) is 3.41. The zero-order valence-corrected chi connectivity index (χ0v) is 11.4. The highest BCUT2D eigenvalue weighted by Gasteiger charge is 2.19. The van der Waals surface area contributed by atoms with Crippen molar-refractivity contribution in [3.05, 3.63) is 29.8 Å². The van der Waals surface area contributed by atoms with Gasteiger partial charge in [-0.1, -0.05) is 12.1 Å². The average molecular weight is 273 g/mol. The van der Waals surface area contributed by atoms with E-state index in [0.717, 1.165) is 36.6 Å². The summed E-state index contributed by atoms with van der Waals surface area (Å²) in [6.07, 6.45) is 2.00. The van der Waals surface area contributed by atoms with Crippen molar-refractivity contribution in [1.82, 2.24) is 10.2 Å². The van der Waals surface area contributed by atoms with Crippen LogP contribution in [0.1, 0.15) is 10.4 Å². The van der Waals surface area contributed by atoms with Gasteiger partial charge in [0.15, 0.2) is 0 Å². The van der Waals surface area contributed by atoms with E-state index in [9.17, 15) is 4.79 Å². The first-order chi connectivity index (χ1) is 7.83. The number of nitrogens with zero attached hydrogens (tertiary/aromatic N) is 1. The van der Waals surface area contributed by atoms with Crippen LogP contribution >= 0.6 is 24.2 Å². The second kappa shape index (κ2) is 6.89. The molecule has 5 heteroatoms. The molecule has 0 saturated carbocycles. The minimum atomic E-state index is 0. The van der Waals surface area contributed by atoms with Crippen molar-refractivity contribution in [2.75, 3.05) is 32.4 Å². The first kappa shape index (κ1) is 14.4. The van der Waals surface area contributed by atoms with Gasteiger partial charge in [-0.25, -0.2) is 0 Å². The molecule has 1 aromatic rings. The van der Waals surface area contributed by atoms with Crippen LogP contribution in [0, 0.1) is 0 Å². The van der Waals surface area contributed by atoms with Crippen LogP contribution in [-0.4, -0.2) is 43.2 Å². The fraction of sp³-hybridized carbons (Fsp3) is 0.417. The Morgan fingerprint density at radius 3 is 2.59 bits per heavy atom. The Bertz CT molecular complexity index is 381. The van der Waals surface area contributed by atoms with E-state index in [0.29, 0.717) is 0 Å². The van der Waals surface area contributed by atoms with Gasteiger partial charge in [0, 0.05) is 31.1 Å². The predicted molar refractivity (Wildman–Crippen MR) is 74.2 cm³/mol. The van der Waals surface area contributed by atoms with Gasteiger partial charge in [0.25, 0.3) is 5.91 Å². The van der Waals surface area contributed by atoms with E-state index in [2.05, 4.69) is 5.32 Å². The summed E-state index contributed by atoms with van der Waals surface area (Å²) in [4.78, 5) is 15.2. The molecule has 94 valence electrons. The van der Waals surface area contributed by atoms with Gasteiger partial charge in [0.2, 0.25) is 0 Å². The van der Waals surface area contributed by atoms with Gasteiger partial charge in [0.1, 0.15) is 0 Å². The van der Waals surface area contributed by atoms with Crippen LogP contribution in [0.3, 0.4) is 0 Å². The molecule has 1 amide bonds. The number of thioether (sulfide) groups is 1. The molecule has 1 saturated heterocycles. The molecule has 0 radical (unpaired) electrons. The minimum absolute atomic E-state index is 0. The third-order valence-corrected chi connectivity index (χ3v) is 3.54. The van der Waals surface area contributed by atoms with Crippen LogP contribution in [0.25, 0.3) is 0 Å². The maximum atomic E-state index is 12.3. The number of benzene rings is 1. The third-order valence-electron chi connectivity index (χ3n) is 2.74. The van der Waals surface area contributed by atoms with E-state index in [1.54, 1.807) is 11.8 Å². The molecule has 1 aliphatic heterocycles. The number of amides is 1. The van der Waals surface area contributed by atoms with E-state index >= 15 is 0 Å². The van der Waals surface area contributed by atoms with Gasteiger partial charge < -0.3 is 10.2 Å². The molecule has 0 bridgehead atoms. The monoisotopic (exact) mass is 272 g/mol. The van der Waals surface area contributed by atoms with Crippen molar-refractivity contribution in [2.45, 2.75) is 4.90 Å². The molecule has 0 aliphatic carbocycles. The molecule has 17 heavy (non-hydrogen) atoms. The van der Waals surface area contributed by atoms with Gasteiger partial charge in [0.05, 0.1) is 5.56 Å². The van der Waals surface area contributed by atoms with Crippen LogP contribution in [0.5, 0.6) is 0 Å². The summed E-state index contributed by atoms with van der Waals surface area (Å²) >= 11 is 1.62. The molecule has 3 nitrogen and oxygen atoms in total. The zero-order valence-electron chi connectivity index (χ0n) is 9.81. The smallest absolute Gasteiger partial charge is 0.255 e. The summed E-state index contributed by atoms with van der Waals surface area (Å²) in [6, 6.07) is 7.81. The molecular weight excluding hydrogens is 256 g/mol. The summed E-state index contributed by atoms with van der Waals surface area (Å²) in [5.74, 6) is 0.159. The standard InChI is InChI=1S/C12H16N2OS.ClH/c1-16-11-5-3-2-4-10(11)12(15)14-8-6-13-7-9-14;/h2-5,13H,6-9H2,1H3;1H. The SMILES string of the molecule is CSc1ccccc1C(=O)N1CCNCC1.Cl. The van der Waals surface area contributed by atoms with Crippen molar-refractivity contribution in [3.63, 3.8) is 0 Å². The van der Waals surface area contributed by atoms with Gasteiger partial charge in [-0.3, -0.25) is 4.79 Å². The molecular formula is C12H17ClN2OS. The molecule has 2 rings (SSSR count). The molecule has 1 heterocycles. The minimum Gasteiger partial charge on any atom is -0.336 e. The summed E-state index contributed by atoms with van der Waals surface area (Å²) in [5, 5.41) is 3.25. The molecule has 1 N–H and O–H groups in total. The number of piperazine rings is 1. The number of rotatable bonds is 2. The molecule has 1 fully saturated rings. The number of hydrogen-bond acceptors (Lipinski definition) is 3. The topological polar surface area (TPSA) is 32.3 Å². The maximum Gasteiger partial charge on any atom is 0.255 e. The Hall–Kier alpha value is -0.710. The Morgan fingerprint density at radius 1 is 1.29 bits per heavy atom. The van der Waals surface area contributed by atoms with Crippen LogP contribution < -0.4 is 5.32 Å². The fourth-order valence-corrected chi connectivity index (χ4v) is 2.45. The first-order valence-corrected chi connectivity index (χ1v) is 6.68. The Kier molecular flexibility index (Phi) is 5.82. The fourth-order valence-electron chi connectivity index (χ4n) is 1.86. The van der Waals surface area contributed by atoms with E-state index in [4.69, 9.17) is 0 Å². The van der Waals surface area contributed by atoms with Crippen molar-refractivity contribution < 1.29 is 4.79 Å². The lowest BCUT2D eigenvalue weighted by Crippen LogP contribution is -2.46. The van der Waals surface area contributed by atoms with Crippen molar-refractivity contribution in [1.29, 1.82) is 0 Å². The van der Waals surface area contributed by atoms with Crippen molar-refractivity contribution in [2.24, 2.45) is 0 Å². The quantitative estimate of drug-likeness (QED) is 0.835. The maximum absolute atomic E-state index is 12.3. The van der Waals surface area contributed by atoms with Gasteiger partial charge >= 0.3 is 0 Å². The van der Waals surface area contributed by atoms with E-state index in [-0.39, 0.29) is 18.3 Å². The molecule has 0 unspecified atom stereocenters. The lowest BCUT2D eigenvalue weighted by atomic mass is 10.2. The van der Waals surface area contributed by atoms with Gasteiger partial charge in [-0.15, -0.1) is 24.2 Å². The Balaban J connectivity index is 0.00000144. The van der Waals surface area contributed by atoms with Crippen molar-refractivity contribution >= 4 is 30.1 Å². The molecule has 0 atom stereocenters. The lowest BCUT2D eigenvalue weighted by Gasteiger charge is -2.28. The summed E-state index contributed by atoms with van der Waals surface area (Å²) < 4.78 is 0.